The van der Waals surface area contributed by atoms with Gasteiger partial charge in [-0.05, 0) is 31.7 Å². The van der Waals surface area contributed by atoms with Crippen molar-refractivity contribution in [2.24, 2.45) is 0 Å². The van der Waals surface area contributed by atoms with E-state index in [0.717, 1.165) is 12.1 Å². The minimum absolute atomic E-state index is 0.230. The Bertz CT molecular complexity index is 468. The summed E-state index contributed by atoms with van der Waals surface area (Å²) in [6, 6.07) is 7.28. The largest absolute Gasteiger partial charge is 0.383 e. The van der Waals surface area contributed by atoms with Crippen LogP contribution in [-0.2, 0) is 14.6 Å². The maximum Gasteiger partial charge on any atom is 0.175 e. The van der Waals surface area contributed by atoms with Gasteiger partial charge in [0.15, 0.2) is 9.84 Å². The standard InChI is InChI=1S/C13H21NO3S/c1-11(14(2)9-10-17-3)12-5-7-13(8-6-12)18(4,15)16/h5-8,11H,9-10H2,1-4H3. The molecule has 0 spiro atoms. The van der Waals surface area contributed by atoms with Gasteiger partial charge in [-0.1, -0.05) is 12.1 Å². The number of benzene rings is 1. The lowest BCUT2D eigenvalue weighted by molar-refractivity contribution is 0.143. The molecule has 18 heavy (non-hydrogen) atoms. The van der Waals surface area contributed by atoms with Crippen LogP contribution < -0.4 is 0 Å². The van der Waals surface area contributed by atoms with Gasteiger partial charge in [0.1, 0.15) is 0 Å². The summed E-state index contributed by atoms with van der Waals surface area (Å²) in [5, 5.41) is 0. The Labute approximate surface area is 109 Å². The second kappa shape index (κ2) is 6.31. The molecule has 4 nitrogen and oxygen atoms in total. The maximum absolute atomic E-state index is 11.4. The van der Waals surface area contributed by atoms with Crippen molar-refractivity contribution in [1.82, 2.24) is 4.90 Å². The van der Waals surface area contributed by atoms with Crippen molar-refractivity contribution >= 4 is 9.84 Å². The molecule has 0 bridgehead atoms. The second-order valence-electron chi connectivity index (χ2n) is 4.49. The molecule has 0 aliphatic heterocycles. The predicted octanol–water partition coefficient (Wildman–Crippen LogP) is 1.73. The number of hydrogen-bond donors (Lipinski definition) is 0. The van der Waals surface area contributed by atoms with Gasteiger partial charge in [0.25, 0.3) is 0 Å². The Morgan fingerprint density at radius 3 is 2.28 bits per heavy atom. The highest BCUT2D eigenvalue weighted by Crippen LogP contribution is 2.20. The van der Waals surface area contributed by atoms with E-state index >= 15 is 0 Å². The van der Waals surface area contributed by atoms with Crippen molar-refractivity contribution in [2.45, 2.75) is 17.9 Å². The molecule has 0 fully saturated rings. The Morgan fingerprint density at radius 1 is 1.28 bits per heavy atom. The molecule has 0 heterocycles. The van der Waals surface area contributed by atoms with Gasteiger partial charge >= 0.3 is 0 Å². The number of sulfone groups is 1. The van der Waals surface area contributed by atoms with Crippen LogP contribution in [0, 0.1) is 0 Å². The highest BCUT2D eigenvalue weighted by atomic mass is 32.2. The molecular formula is C13H21NO3S. The number of nitrogens with zero attached hydrogens (tertiary/aromatic N) is 1. The topological polar surface area (TPSA) is 46.6 Å². The van der Waals surface area contributed by atoms with E-state index in [0.29, 0.717) is 11.5 Å². The van der Waals surface area contributed by atoms with Crippen LogP contribution in [0.4, 0.5) is 0 Å². The first-order chi connectivity index (χ1) is 8.36. The molecular weight excluding hydrogens is 250 g/mol. The van der Waals surface area contributed by atoms with Gasteiger partial charge in [0, 0.05) is 26.0 Å². The zero-order valence-electron chi connectivity index (χ0n) is 11.4. The third-order valence-corrected chi connectivity index (χ3v) is 4.23. The van der Waals surface area contributed by atoms with Crippen LogP contribution in [0.5, 0.6) is 0 Å². The van der Waals surface area contributed by atoms with Crippen LogP contribution in [-0.4, -0.2) is 46.9 Å². The summed E-state index contributed by atoms with van der Waals surface area (Å²) in [6.45, 7) is 3.61. The van der Waals surface area contributed by atoms with Crippen LogP contribution in [0.25, 0.3) is 0 Å². The molecule has 0 aliphatic carbocycles. The number of methoxy groups -OCH3 is 1. The summed E-state index contributed by atoms with van der Waals surface area (Å²) in [4.78, 5) is 2.52. The minimum Gasteiger partial charge on any atom is -0.383 e. The fraction of sp³-hybridized carbons (Fsp3) is 0.538. The Kier molecular flexibility index (Phi) is 5.31. The fourth-order valence-corrected chi connectivity index (χ4v) is 2.31. The summed E-state index contributed by atoms with van der Waals surface area (Å²) >= 11 is 0. The van der Waals surface area contributed by atoms with Crippen LogP contribution >= 0.6 is 0 Å². The summed E-state index contributed by atoms with van der Waals surface area (Å²) in [6.07, 6.45) is 1.22. The maximum atomic E-state index is 11.4. The first-order valence-corrected chi connectivity index (χ1v) is 7.74. The van der Waals surface area contributed by atoms with E-state index in [2.05, 4.69) is 11.8 Å². The van der Waals surface area contributed by atoms with Gasteiger partial charge < -0.3 is 4.74 Å². The monoisotopic (exact) mass is 271 g/mol. The van der Waals surface area contributed by atoms with E-state index < -0.39 is 9.84 Å². The third kappa shape index (κ3) is 4.08. The van der Waals surface area contributed by atoms with Crippen molar-refractivity contribution in [2.75, 3.05) is 33.6 Å². The summed E-state index contributed by atoms with van der Waals surface area (Å²) < 4.78 is 27.8. The number of hydrogen-bond acceptors (Lipinski definition) is 4. The quantitative estimate of drug-likeness (QED) is 0.790. The lowest BCUT2D eigenvalue weighted by Crippen LogP contribution is -2.26. The molecule has 1 unspecified atom stereocenters. The number of rotatable bonds is 6. The van der Waals surface area contributed by atoms with E-state index in [4.69, 9.17) is 4.74 Å². The zero-order chi connectivity index (χ0) is 13.8. The molecule has 0 aromatic heterocycles. The van der Waals surface area contributed by atoms with Crippen molar-refractivity contribution in [3.63, 3.8) is 0 Å². The van der Waals surface area contributed by atoms with E-state index in [9.17, 15) is 8.42 Å². The van der Waals surface area contributed by atoms with Gasteiger partial charge in [-0.25, -0.2) is 8.42 Å². The number of likely N-dealkylation sites (N-methyl/N-ethyl adjacent to an activating group) is 1. The lowest BCUT2D eigenvalue weighted by Gasteiger charge is -2.24. The summed E-state index contributed by atoms with van der Waals surface area (Å²) in [5.74, 6) is 0. The Hall–Kier alpha value is -0.910. The normalized spacial score (nSPS) is 13.8. The first-order valence-electron chi connectivity index (χ1n) is 5.85. The van der Waals surface area contributed by atoms with Crippen molar-refractivity contribution in [1.29, 1.82) is 0 Å². The second-order valence-corrected chi connectivity index (χ2v) is 6.51. The third-order valence-electron chi connectivity index (χ3n) is 3.10. The molecule has 0 amide bonds. The van der Waals surface area contributed by atoms with Gasteiger partial charge in [-0.2, -0.15) is 0 Å². The Balaban J connectivity index is 2.79. The van der Waals surface area contributed by atoms with Gasteiger partial charge in [0.05, 0.1) is 11.5 Å². The van der Waals surface area contributed by atoms with E-state index in [-0.39, 0.29) is 6.04 Å². The molecule has 1 aromatic rings. The molecule has 1 rings (SSSR count). The number of ether oxygens (including phenoxy) is 1. The molecule has 0 N–H and O–H groups in total. The lowest BCUT2D eigenvalue weighted by atomic mass is 10.1. The first kappa shape index (κ1) is 15.1. The Morgan fingerprint density at radius 2 is 1.83 bits per heavy atom. The van der Waals surface area contributed by atoms with Gasteiger partial charge in [0.2, 0.25) is 0 Å². The average molecular weight is 271 g/mol. The van der Waals surface area contributed by atoms with Gasteiger partial charge in [-0.3, -0.25) is 4.90 Å². The van der Waals surface area contributed by atoms with Crippen molar-refractivity contribution in [3.8, 4) is 0 Å². The predicted molar refractivity (Wildman–Crippen MR) is 72.5 cm³/mol. The average Bonchev–Trinajstić information content (AvgIpc) is 2.34. The van der Waals surface area contributed by atoms with E-state index in [1.165, 1.54) is 6.26 Å². The van der Waals surface area contributed by atoms with E-state index in [1.807, 2.05) is 19.2 Å². The highest BCUT2D eigenvalue weighted by molar-refractivity contribution is 7.90. The van der Waals surface area contributed by atoms with Crippen LogP contribution in [0.15, 0.2) is 29.2 Å². The van der Waals surface area contributed by atoms with Crippen LogP contribution in [0.1, 0.15) is 18.5 Å². The zero-order valence-corrected chi connectivity index (χ0v) is 12.2. The summed E-state index contributed by atoms with van der Waals surface area (Å²) in [5.41, 5.74) is 1.10. The summed E-state index contributed by atoms with van der Waals surface area (Å²) in [7, 11) is 0.589. The minimum atomic E-state index is -3.11. The molecule has 0 saturated heterocycles. The van der Waals surface area contributed by atoms with E-state index in [1.54, 1.807) is 19.2 Å². The van der Waals surface area contributed by atoms with Gasteiger partial charge in [-0.15, -0.1) is 0 Å². The van der Waals surface area contributed by atoms with Crippen molar-refractivity contribution < 1.29 is 13.2 Å². The molecule has 1 aromatic carbocycles. The SMILES string of the molecule is COCCN(C)C(C)c1ccc(S(C)(=O)=O)cc1. The van der Waals surface area contributed by atoms with Crippen LogP contribution in [0.3, 0.4) is 0 Å². The smallest absolute Gasteiger partial charge is 0.175 e. The highest BCUT2D eigenvalue weighted by Gasteiger charge is 2.12. The molecule has 0 radical (unpaired) electrons. The molecule has 0 aliphatic rings. The fourth-order valence-electron chi connectivity index (χ4n) is 1.68. The molecule has 5 heteroatoms. The van der Waals surface area contributed by atoms with Crippen molar-refractivity contribution in [3.05, 3.63) is 29.8 Å². The molecule has 102 valence electrons. The molecule has 1 atom stereocenters. The van der Waals surface area contributed by atoms with Crippen LogP contribution in [0.2, 0.25) is 0 Å². The molecule has 0 saturated carbocycles.